The average molecular weight is 389 g/mol. The van der Waals surface area contributed by atoms with E-state index in [-0.39, 0.29) is 12.2 Å². The summed E-state index contributed by atoms with van der Waals surface area (Å²) in [6.45, 7) is 1.67. The molecule has 0 aliphatic rings. The number of fused-ring (bicyclic) bond motifs is 1. The van der Waals surface area contributed by atoms with Gasteiger partial charge in [0.15, 0.2) is 0 Å². The summed E-state index contributed by atoms with van der Waals surface area (Å²) >= 11 is 6.18. The molecule has 0 amide bonds. The van der Waals surface area contributed by atoms with Gasteiger partial charge in [0.05, 0.1) is 14.2 Å². The van der Waals surface area contributed by atoms with Crippen LogP contribution in [0.4, 0.5) is 0 Å². The van der Waals surface area contributed by atoms with Crippen molar-refractivity contribution in [1.82, 2.24) is 0 Å². The van der Waals surface area contributed by atoms with E-state index in [0.717, 1.165) is 5.56 Å². The number of ether oxygens (including phenoxy) is 3. The third-order valence-corrected chi connectivity index (χ3v) is 4.51. The van der Waals surface area contributed by atoms with Crippen molar-refractivity contribution >= 4 is 28.5 Å². The van der Waals surface area contributed by atoms with Gasteiger partial charge in [-0.3, -0.25) is 0 Å². The van der Waals surface area contributed by atoms with Crippen molar-refractivity contribution < 1.29 is 23.4 Å². The minimum absolute atomic E-state index is 0.137. The van der Waals surface area contributed by atoms with E-state index in [1.54, 1.807) is 30.3 Å². The van der Waals surface area contributed by atoms with Crippen molar-refractivity contribution in [3.05, 3.63) is 68.5 Å². The summed E-state index contributed by atoms with van der Waals surface area (Å²) in [6.07, 6.45) is 0. The highest BCUT2D eigenvalue weighted by Crippen LogP contribution is 2.30. The summed E-state index contributed by atoms with van der Waals surface area (Å²) in [5.41, 5.74) is 1.28. The van der Waals surface area contributed by atoms with Gasteiger partial charge in [-0.05, 0) is 36.8 Å². The number of hydrogen-bond donors (Lipinski definition) is 0. The second-order valence-corrected chi connectivity index (χ2v) is 6.21. The van der Waals surface area contributed by atoms with Gasteiger partial charge in [-0.15, -0.1) is 0 Å². The molecule has 0 N–H and O–H groups in total. The second-order valence-electron chi connectivity index (χ2n) is 5.80. The number of benzene rings is 2. The van der Waals surface area contributed by atoms with E-state index in [4.69, 9.17) is 30.2 Å². The molecule has 140 valence electrons. The summed E-state index contributed by atoms with van der Waals surface area (Å²) in [5, 5.41) is 1.13. The van der Waals surface area contributed by atoms with Crippen LogP contribution < -0.4 is 15.1 Å². The maximum atomic E-state index is 12.6. The van der Waals surface area contributed by atoms with Gasteiger partial charge in [-0.25, -0.2) is 9.59 Å². The summed E-state index contributed by atoms with van der Waals surface area (Å²) in [6, 6.07) is 9.60. The Hall–Kier alpha value is -2.99. The first-order valence-corrected chi connectivity index (χ1v) is 8.43. The highest BCUT2D eigenvalue weighted by atomic mass is 35.5. The molecule has 0 aliphatic heterocycles. The zero-order valence-electron chi connectivity index (χ0n) is 15.0. The van der Waals surface area contributed by atoms with Gasteiger partial charge in [-0.1, -0.05) is 17.7 Å². The van der Waals surface area contributed by atoms with Crippen LogP contribution in [0.15, 0.2) is 45.6 Å². The number of rotatable bonds is 5. The summed E-state index contributed by atoms with van der Waals surface area (Å²) < 4.78 is 21.0. The van der Waals surface area contributed by atoms with E-state index in [9.17, 15) is 9.59 Å². The lowest BCUT2D eigenvalue weighted by Crippen LogP contribution is -2.10. The van der Waals surface area contributed by atoms with Crippen LogP contribution in [0, 0.1) is 6.92 Å². The second kappa shape index (κ2) is 7.72. The monoisotopic (exact) mass is 388 g/mol. The van der Waals surface area contributed by atoms with Crippen molar-refractivity contribution in [3.63, 3.8) is 0 Å². The van der Waals surface area contributed by atoms with Crippen LogP contribution in [0.1, 0.15) is 21.5 Å². The Balaban J connectivity index is 1.95. The Bertz CT molecular complexity index is 1050. The fourth-order valence-electron chi connectivity index (χ4n) is 2.74. The van der Waals surface area contributed by atoms with E-state index in [2.05, 4.69) is 0 Å². The maximum absolute atomic E-state index is 12.6. The third-order valence-electron chi connectivity index (χ3n) is 4.10. The lowest BCUT2D eigenvalue weighted by molar-refractivity contribution is 0.0466. The van der Waals surface area contributed by atoms with Crippen LogP contribution >= 0.6 is 11.6 Å². The number of esters is 1. The quantitative estimate of drug-likeness (QED) is 0.483. The molecule has 0 radical (unpaired) electrons. The lowest BCUT2D eigenvalue weighted by atomic mass is 10.1. The molecule has 0 fully saturated rings. The molecule has 3 rings (SSSR count). The molecular formula is C20H17ClO6. The van der Waals surface area contributed by atoms with Crippen LogP contribution in [-0.4, -0.2) is 20.2 Å². The van der Waals surface area contributed by atoms with Crippen LogP contribution in [-0.2, 0) is 11.3 Å². The van der Waals surface area contributed by atoms with E-state index in [0.29, 0.717) is 33.1 Å². The molecule has 0 saturated heterocycles. The molecule has 2 aromatic carbocycles. The van der Waals surface area contributed by atoms with Crippen molar-refractivity contribution in [2.45, 2.75) is 13.5 Å². The molecule has 0 aliphatic carbocycles. The van der Waals surface area contributed by atoms with Gasteiger partial charge in [0.25, 0.3) is 0 Å². The predicted octanol–water partition coefficient (Wildman–Crippen LogP) is 4.13. The summed E-state index contributed by atoms with van der Waals surface area (Å²) in [7, 11) is 2.90. The molecule has 0 atom stereocenters. The number of halogens is 1. The molecule has 0 unspecified atom stereocenters. The first-order chi connectivity index (χ1) is 12.9. The van der Waals surface area contributed by atoms with Gasteiger partial charge in [-0.2, -0.15) is 0 Å². The Morgan fingerprint density at radius 3 is 2.41 bits per heavy atom. The van der Waals surface area contributed by atoms with Gasteiger partial charge in [0, 0.05) is 22.0 Å². The molecule has 3 aromatic rings. The molecule has 0 bridgehead atoms. The predicted molar refractivity (Wildman–Crippen MR) is 101 cm³/mol. The SMILES string of the molecule is COc1cccc(OC)c1C(=O)OCc1cc(=O)oc2cc(C)c(Cl)cc12. The fraction of sp³-hybridized carbons (Fsp3) is 0.200. The molecule has 7 heteroatoms. The molecule has 0 spiro atoms. The van der Waals surface area contributed by atoms with Crippen LogP contribution in [0.25, 0.3) is 11.0 Å². The highest BCUT2D eigenvalue weighted by Gasteiger charge is 2.20. The standard InChI is InChI=1S/C20H17ClO6/c1-11-7-17-13(9-14(11)21)12(8-18(22)27-17)10-26-20(23)19-15(24-2)5-4-6-16(19)25-3/h4-9H,10H2,1-3H3. The summed E-state index contributed by atoms with van der Waals surface area (Å²) in [4.78, 5) is 24.4. The van der Waals surface area contributed by atoms with Gasteiger partial charge in [0.1, 0.15) is 29.3 Å². The minimum Gasteiger partial charge on any atom is -0.496 e. The van der Waals surface area contributed by atoms with Crippen LogP contribution in [0.5, 0.6) is 11.5 Å². The average Bonchev–Trinajstić information content (AvgIpc) is 2.66. The Morgan fingerprint density at radius 2 is 1.78 bits per heavy atom. The van der Waals surface area contributed by atoms with Crippen LogP contribution in [0.3, 0.4) is 0 Å². The largest absolute Gasteiger partial charge is 0.496 e. The molecule has 6 nitrogen and oxygen atoms in total. The van der Waals surface area contributed by atoms with Gasteiger partial charge in [0.2, 0.25) is 0 Å². The van der Waals surface area contributed by atoms with Gasteiger partial charge >= 0.3 is 11.6 Å². The van der Waals surface area contributed by atoms with Crippen LogP contribution in [0.2, 0.25) is 5.02 Å². The van der Waals surface area contributed by atoms with Crippen molar-refractivity contribution in [2.24, 2.45) is 0 Å². The zero-order valence-corrected chi connectivity index (χ0v) is 15.8. The number of carbonyl (C=O) groups is 1. The Labute approximate surface area is 160 Å². The van der Waals surface area contributed by atoms with Gasteiger partial charge < -0.3 is 18.6 Å². The highest BCUT2D eigenvalue weighted by molar-refractivity contribution is 6.32. The maximum Gasteiger partial charge on any atom is 0.346 e. The third kappa shape index (κ3) is 3.75. The fourth-order valence-corrected chi connectivity index (χ4v) is 2.90. The normalized spacial score (nSPS) is 10.7. The van der Waals surface area contributed by atoms with Crippen molar-refractivity contribution in [3.8, 4) is 11.5 Å². The van der Waals surface area contributed by atoms with E-state index in [1.807, 2.05) is 6.92 Å². The Kier molecular flexibility index (Phi) is 5.37. The first kappa shape index (κ1) is 18.8. The number of methoxy groups -OCH3 is 2. The Morgan fingerprint density at radius 1 is 1.11 bits per heavy atom. The molecule has 0 saturated carbocycles. The smallest absolute Gasteiger partial charge is 0.346 e. The number of carbonyl (C=O) groups excluding carboxylic acids is 1. The lowest BCUT2D eigenvalue weighted by Gasteiger charge is -2.13. The minimum atomic E-state index is -0.635. The van der Waals surface area contributed by atoms with E-state index in [1.165, 1.54) is 20.3 Å². The number of hydrogen-bond acceptors (Lipinski definition) is 6. The first-order valence-electron chi connectivity index (χ1n) is 8.05. The number of aryl methyl sites for hydroxylation is 1. The molecule has 27 heavy (non-hydrogen) atoms. The molecular weight excluding hydrogens is 372 g/mol. The van der Waals surface area contributed by atoms with E-state index < -0.39 is 11.6 Å². The zero-order chi connectivity index (χ0) is 19.6. The van der Waals surface area contributed by atoms with Crippen molar-refractivity contribution in [2.75, 3.05) is 14.2 Å². The topological polar surface area (TPSA) is 75.0 Å². The molecule has 1 aromatic heterocycles. The summed E-state index contributed by atoms with van der Waals surface area (Å²) in [5.74, 6) is 0.0230. The van der Waals surface area contributed by atoms with E-state index >= 15 is 0 Å². The molecule has 1 heterocycles. The van der Waals surface area contributed by atoms with Crippen molar-refractivity contribution in [1.29, 1.82) is 0 Å².